The fraction of sp³-hybridized carbons (Fsp3) is 0.765. The summed E-state index contributed by atoms with van der Waals surface area (Å²) in [6.07, 6.45) is 11.5. The Bertz CT molecular complexity index is 588. The van der Waals surface area contributed by atoms with E-state index in [0.29, 0.717) is 12.8 Å². The van der Waals surface area contributed by atoms with Crippen LogP contribution in [-0.2, 0) is 14.7 Å². The van der Waals surface area contributed by atoms with Crippen LogP contribution in [-0.4, -0.2) is 27.7 Å². The number of rotatable bonds is 13. The molecule has 0 saturated carbocycles. The summed E-state index contributed by atoms with van der Waals surface area (Å²) in [7, 11) is -9.62. The fourth-order valence-corrected chi connectivity index (χ4v) is 4.91. The summed E-state index contributed by atoms with van der Waals surface area (Å²) in [5, 5.41) is 0. The molecule has 0 spiro atoms. The van der Waals surface area contributed by atoms with Crippen LogP contribution in [0, 0.1) is 0 Å². The monoisotopic (exact) mass is 396 g/mol. The Labute approximate surface area is 152 Å². The molecule has 6 nitrogen and oxygen atoms in total. The highest BCUT2D eigenvalue weighted by atomic mass is 32.2. The summed E-state index contributed by atoms with van der Waals surface area (Å²) in [6.45, 7) is 6.32. The van der Waals surface area contributed by atoms with Crippen LogP contribution in [0.15, 0.2) is 23.3 Å². The van der Waals surface area contributed by atoms with Gasteiger partial charge in [-0.15, -0.1) is 0 Å². The van der Waals surface area contributed by atoms with Gasteiger partial charge < -0.3 is 9.79 Å². The second kappa shape index (κ2) is 12.0. The van der Waals surface area contributed by atoms with E-state index in [2.05, 4.69) is 19.9 Å². The normalized spacial score (nSPS) is 15.4. The van der Waals surface area contributed by atoms with Crippen molar-refractivity contribution in [3.63, 3.8) is 0 Å². The highest BCUT2D eigenvalue weighted by molar-refractivity contribution is 7.93. The number of hydrogen-bond acceptors (Lipinski definition) is 3. The summed E-state index contributed by atoms with van der Waals surface area (Å²) >= 11 is 0. The van der Waals surface area contributed by atoms with Gasteiger partial charge >= 0.3 is 7.60 Å². The van der Waals surface area contributed by atoms with Gasteiger partial charge in [0, 0.05) is 0 Å². The van der Waals surface area contributed by atoms with Crippen LogP contribution < -0.4 is 0 Å². The lowest BCUT2D eigenvalue weighted by Crippen LogP contribution is -2.20. The predicted octanol–water partition coefficient (Wildman–Crippen LogP) is 4.80. The molecule has 0 aromatic carbocycles. The van der Waals surface area contributed by atoms with Crippen molar-refractivity contribution in [2.75, 3.05) is 0 Å². The molecule has 0 aliphatic rings. The zero-order chi connectivity index (χ0) is 19.5. The molecule has 0 radical (unpaired) electrons. The maximum atomic E-state index is 11.1. The van der Waals surface area contributed by atoms with Gasteiger partial charge in [0.25, 0.3) is 10.1 Å². The van der Waals surface area contributed by atoms with Crippen molar-refractivity contribution < 1.29 is 27.3 Å². The van der Waals surface area contributed by atoms with Gasteiger partial charge in [0.2, 0.25) is 0 Å². The Morgan fingerprint density at radius 2 is 1.56 bits per heavy atom. The van der Waals surface area contributed by atoms with Crippen LogP contribution in [0.3, 0.4) is 0 Å². The molecule has 25 heavy (non-hydrogen) atoms. The highest BCUT2D eigenvalue weighted by Crippen LogP contribution is 2.46. The minimum absolute atomic E-state index is 0.261. The molecule has 0 amide bonds. The summed E-state index contributed by atoms with van der Waals surface area (Å²) in [4.78, 5) is 16.0. The summed E-state index contributed by atoms with van der Waals surface area (Å²) in [5.41, 5.74) is 2.57. The lowest BCUT2D eigenvalue weighted by molar-refractivity contribution is 0.360. The van der Waals surface area contributed by atoms with Crippen molar-refractivity contribution in [3.8, 4) is 0 Å². The highest BCUT2D eigenvalue weighted by Gasteiger charge is 2.38. The van der Waals surface area contributed by atoms with Gasteiger partial charge in [0.1, 0.15) is 0 Å². The fourth-order valence-electron chi connectivity index (χ4n) is 2.54. The molecule has 0 saturated heterocycles. The molecule has 1 unspecified atom stereocenters. The molecule has 0 fully saturated rings. The minimum Gasteiger partial charge on any atom is -0.323 e. The third-order valence-electron chi connectivity index (χ3n) is 4.07. The van der Waals surface area contributed by atoms with E-state index < -0.39 is 22.7 Å². The van der Waals surface area contributed by atoms with Crippen LogP contribution in [0.5, 0.6) is 0 Å². The van der Waals surface area contributed by atoms with Crippen LogP contribution in [0.25, 0.3) is 0 Å². The van der Waals surface area contributed by atoms with Gasteiger partial charge in [0.15, 0.2) is 4.99 Å². The minimum atomic E-state index is -4.87. The zero-order valence-electron chi connectivity index (χ0n) is 15.5. The molecule has 0 aliphatic heterocycles. The molecular formula is C17H33O6PS. The number of hydrogen-bond donors (Lipinski definition) is 3. The molecule has 1 atom stereocenters. The Balaban J connectivity index is 4.25. The third kappa shape index (κ3) is 12.5. The molecular weight excluding hydrogens is 363 g/mol. The second-order valence-electron chi connectivity index (χ2n) is 6.59. The van der Waals surface area contributed by atoms with Crippen LogP contribution in [0.2, 0.25) is 0 Å². The standard InChI is InChI=1S/C17H33O6PS/c1-4-5-6-10-15(2)12-9-13-16(3)11-7-8-14-17(24(18,19)20)25(21,22)23/h11-12,17H,4-10,13-14H2,1-3H3,(H2,18,19,20)(H,21,22,23)/b15-12+,16-11+. The first kappa shape index (κ1) is 24.5. The van der Waals surface area contributed by atoms with Crippen LogP contribution >= 0.6 is 7.60 Å². The largest absolute Gasteiger partial charge is 0.346 e. The lowest BCUT2D eigenvalue weighted by Gasteiger charge is -2.14. The molecule has 0 aliphatic carbocycles. The molecule has 148 valence electrons. The first-order valence-corrected chi connectivity index (χ1v) is 12.0. The maximum absolute atomic E-state index is 11.1. The van der Waals surface area contributed by atoms with Gasteiger partial charge in [-0.25, -0.2) is 0 Å². The van der Waals surface area contributed by atoms with Gasteiger partial charge in [0.05, 0.1) is 0 Å². The van der Waals surface area contributed by atoms with E-state index in [4.69, 9.17) is 14.3 Å². The average molecular weight is 396 g/mol. The molecule has 0 rings (SSSR count). The lowest BCUT2D eigenvalue weighted by atomic mass is 10.0. The Kier molecular flexibility index (Phi) is 11.8. The molecule has 0 bridgehead atoms. The Hall–Kier alpha value is -0.460. The van der Waals surface area contributed by atoms with E-state index in [9.17, 15) is 13.0 Å². The van der Waals surface area contributed by atoms with Gasteiger partial charge in [-0.05, 0) is 58.8 Å². The summed E-state index contributed by atoms with van der Waals surface area (Å²) < 4.78 is 42.2. The van der Waals surface area contributed by atoms with E-state index in [1.165, 1.54) is 24.8 Å². The van der Waals surface area contributed by atoms with Gasteiger partial charge in [-0.1, -0.05) is 43.1 Å². The third-order valence-corrected chi connectivity index (χ3v) is 7.63. The first-order chi connectivity index (χ1) is 11.5. The first-order valence-electron chi connectivity index (χ1n) is 8.81. The molecule has 0 aromatic rings. The zero-order valence-corrected chi connectivity index (χ0v) is 17.2. The van der Waals surface area contributed by atoms with Crippen molar-refractivity contribution in [1.29, 1.82) is 0 Å². The molecule has 0 aromatic heterocycles. The quantitative estimate of drug-likeness (QED) is 0.178. The molecule has 3 N–H and O–H groups in total. The van der Waals surface area contributed by atoms with Gasteiger partial charge in [-0.2, -0.15) is 8.42 Å². The SMILES string of the molecule is CCCCC/C(C)=C/CC/C(C)=C/CCCC(P(=O)(O)O)S(=O)(=O)O. The summed E-state index contributed by atoms with van der Waals surface area (Å²) in [6, 6.07) is 0. The van der Waals surface area contributed by atoms with E-state index in [0.717, 1.165) is 24.8 Å². The smallest absolute Gasteiger partial charge is 0.323 e. The number of unbranched alkanes of at least 4 members (excludes halogenated alkanes) is 3. The topological polar surface area (TPSA) is 112 Å². The van der Waals surface area contributed by atoms with E-state index in [-0.39, 0.29) is 6.42 Å². The van der Waals surface area contributed by atoms with E-state index in [1.807, 2.05) is 13.0 Å². The van der Waals surface area contributed by atoms with Gasteiger partial charge in [-0.3, -0.25) is 9.12 Å². The van der Waals surface area contributed by atoms with Crippen molar-refractivity contribution in [2.45, 2.75) is 83.5 Å². The van der Waals surface area contributed by atoms with Crippen molar-refractivity contribution in [1.82, 2.24) is 0 Å². The predicted molar refractivity (Wildman–Crippen MR) is 102 cm³/mol. The molecule has 8 heteroatoms. The van der Waals surface area contributed by atoms with E-state index in [1.54, 1.807) is 0 Å². The van der Waals surface area contributed by atoms with Crippen LogP contribution in [0.4, 0.5) is 0 Å². The average Bonchev–Trinajstić information content (AvgIpc) is 2.44. The van der Waals surface area contributed by atoms with Crippen LogP contribution in [0.1, 0.15) is 78.6 Å². The number of allylic oxidation sites excluding steroid dienone is 4. The Morgan fingerprint density at radius 1 is 1.00 bits per heavy atom. The maximum Gasteiger partial charge on any atom is 0.346 e. The van der Waals surface area contributed by atoms with Crippen molar-refractivity contribution in [3.05, 3.63) is 23.3 Å². The second-order valence-corrected chi connectivity index (χ2v) is 10.3. The molecule has 0 heterocycles. The van der Waals surface area contributed by atoms with Crippen molar-refractivity contribution >= 4 is 17.7 Å². The summed E-state index contributed by atoms with van der Waals surface area (Å²) in [5.74, 6) is 0. The van der Waals surface area contributed by atoms with Crippen molar-refractivity contribution in [2.24, 2.45) is 0 Å². The Morgan fingerprint density at radius 3 is 2.08 bits per heavy atom. The van der Waals surface area contributed by atoms with E-state index >= 15 is 0 Å².